The number of carbonyl (C=O) groups is 2. The molecule has 0 bridgehead atoms. The number of ether oxygens (including phenoxy) is 3. The second kappa shape index (κ2) is 6.76. The van der Waals surface area contributed by atoms with Crippen molar-refractivity contribution in [2.75, 3.05) is 13.7 Å². The summed E-state index contributed by atoms with van der Waals surface area (Å²) in [4.78, 5) is 23.0. The van der Waals surface area contributed by atoms with Crippen LogP contribution in [0.2, 0.25) is 0 Å². The fraction of sp³-hybridized carbons (Fsp3) is 0.444. The van der Waals surface area contributed by atoms with Crippen molar-refractivity contribution < 1.29 is 34.0 Å². The third-order valence-corrected chi connectivity index (χ3v) is 4.75. The molecule has 0 aliphatic carbocycles. The number of phenolic OH excluding ortho intramolecular Hbond substituents is 1. The Labute approximate surface area is 144 Å². The average Bonchev–Trinajstić information content (AvgIpc) is 3.19. The number of methoxy groups -OCH3 is 1. The minimum absolute atomic E-state index is 0.121. The molecule has 2 unspecified atom stereocenters. The van der Waals surface area contributed by atoms with Gasteiger partial charge in [0.1, 0.15) is 23.7 Å². The van der Waals surface area contributed by atoms with Gasteiger partial charge in [0.15, 0.2) is 0 Å². The molecule has 25 heavy (non-hydrogen) atoms. The molecule has 0 amide bonds. The van der Waals surface area contributed by atoms with E-state index in [1.54, 1.807) is 12.2 Å². The number of carbonyl (C=O) groups excluding carboxylic acids is 1. The number of carboxylic acid groups (broad SMARTS) is 1. The van der Waals surface area contributed by atoms with E-state index in [4.69, 9.17) is 14.2 Å². The lowest BCUT2D eigenvalue weighted by Crippen LogP contribution is -2.21. The Morgan fingerprint density at radius 1 is 1.44 bits per heavy atom. The van der Waals surface area contributed by atoms with Crippen LogP contribution in [0, 0.1) is 12.8 Å². The summed E-state index contributed by atoms with van der Waals surface area (Å²) in [7, 11) is 1.50. The highest BCUT2D eigenvalue weighted by Gasteiger charge is 2.33. The summed E-state index contributed by atoms with van der Waals surface area (Å²) in [5.41, 5.74) is 2.04. The summed E-state index contributed by atoms with van der Waals surface area (Å²) < 4.78 is 15.9. The number of esters is 1. The second-order valence-electron chi connectivity index (χ2n) is 6.12. The molecule has 2 atom stereocenters. The Hall–Kier alpha value is -2.54. The molecule has 7 nitrogen and oxygen atoms in total. The monoisotopic (exact) mass is 348 g/mol. The van der Waals surface area contributed by atoms with Crippen LogP contribution < -0.4 is 4.74 Å². The third-order valence-electron chi connectivity index (χ3n) is 4.75. The van der Waals surface area contributed by atoms with Crippen LogP contribution in [0.15, 0.2) is 12.2 Å². The minimum Gasteiger partial charge on any atom is -0.507 e. The number of phenols is 1. The molecule has 1 saturated heterocycles. The molecule has 2 aliphatic heterocycles. The standard InChI is InChI=1S/C18H20O7/c1-9-12-8-25-18(22)14(12)15(19)11(16(9)23-2)4-3-5-13-10(17(20)21)6-7-24-13/h3,5,10,13,19H,4,6-8H2,1-2H3,(H,20,21)/b5-3+. The zero-order valence-electron chi connectivity index (χ0n) is 14.1. The van der Waals surface area contributed by atoms with Crippen molar-refractivity contribution in [2.24, 2.45) is 5.92 Å². The summed E-state index contributed by atoms with van der Waals surface area (Å²) in [6.07, 6.45) is 3.68. The van der Waals surface area contributed by atoms with Gasteiger partial charge in [-0.05, 0) is 25.3 Å². The number of hydrogen-bond acceptors (Lipinski definition) is 6. The van der Waals surface area contributed by atoms with Crippen LogP contribution in [0.4, 0.5) is 0 Å². The van der Waals surface area contributed by atoms with Gasteiger partial charge in [0, 0.05) is 17.7 Å². The summed E-state index contributed by atoms with van der Waals surface area (Å²) in [6.45, 7) is 2.34. The van der Waals surface area contributed by atoms with Crippen molar-refractivity contribution in [3.63, 3.8) is 0 Å². The summed E-state index contributed by atoms with van der Waals surface area (Å²) >= 11 is 0. The van der Waals surface area contributed by atoms with E-state index < -0.39 is 24.0 Å². The van der Waals surface area contributed by atoms with Gasteiger partial charge in [-0.15, -0.1) is 0 Å². The van der Waals surface area contributed by atoms with Gasteiger partial charge in [-0.3, -0.25) is 4.79 Å². The maximum atomic E-state index is 11.9. The Bertz CT molecular complexity index is 751. The average molecular weight is 348 g/mol. The smallest absolute Gasteiger partial charge is 0.342 e. The molecule has 1 aromatic rings. The topological polar surface area (TPSA) is 102 Å². The molecule has 2 aliphatic rings. The van der Waals surface area contributed by atoms with Crippen LogP contribution in [0.3, 0.4) is 0 Å². The van der Waals surface area contributed by atoms with Gasteiger partial charge in [-0.25, -0.2) is 4.79 Å². The molecular weight excluding hydrogens is 328 g/mol. The molecule has 2 heterocycles. The highest BCUT2D eigenvalue weighted by molar-refractivity contribution is 5.98. The highest BCUT2D eigenvalue weighted by Crippen LogP contribution is 2.41. The second-order valence-corrected chi connectivity index (χ2v) is 6.12. The van der Waals surface area contributed by atoms with Gasteiger partial charge in [0.2, 0.25) is 0 Å². The first-order valence-electron chi connectivity index (χ1n) is 8.05. The SMILES string of the molecule is COc1c(C)c2c(c(O)c1C/C=C/C1OCCC1C(=O)O)C(=O)OC2. The number of aromatic hydroxyl groups is 1. The predicted molar refractivity (Wildman–Crippen MR) is 86.8 cm³/mol. The molecule has 0 saturated carbocycles. The van der Waals surface area contributed by atoms with Crippen LogP contribution in [0.25, 0.3) is 0 Å². The van der Waals surface area contributed by atoms with E-state index in [0.717, 1.165) is 5.56 Å². The van der Waals surface area contributed by atoms with E-state index in [1.807, 2.05) is 6.92 Å². The first-order chi connectivity index (χ1) is 12.0. The number of fused-ring (bicyclic) bond motifs is 1. The zero-order valence-corrected chi connectivity index (χ0v) is 14.1. The van der Waals surface area contributed by atoms with Crippen LogP contribution in [-0.4, -0.2) is 42.0 Å². The highest BCUT2D eigenvalue weighted by atomic mass is 16.5. The molecule has 0 aromatic heterocycles. The van der Waals surface area contributed by atoms with Crippen molar-refractivity contribution >= 4 is 11.9 Å². The van der Waals surface area contributed by atoms with E-state index in [-0.39, 0.29) is 24.3 Å². The van der Waals surface area contributed by atoms with Crippen molar-refractivity contribution in [1.29, 1.82) is 0 Å². The van der Waals surface area contributed by atoms with Gasteiger partial charge < -0.3 is 24.4 Å². The number of benzene rings is 1. The van der Waals surface area contributed by atoms with E-state index in [9.17, 15) is 19.8 Å². The van der Waals surface area contributed by atoms with Crippen molar-refractivity contribution in [3.05, 3.63) is 34.4 Å². The van der Waals surface area contributed by atoms with Crippen molar-refractivity contribution in [3.8, 4) is 11.5 Å². The van der Waals surface area contributed by atoms with Gasteiger partial charge in [0.05, 0.1) is 19.1 Å². The lowest BCUT2D eigenvalue weighted by Gasteiger charge is -2.16. The first kappa shape index (κ1) is 17.3. The van der Waals surface area contributed by atoms with Crippen LogP contribution >= 0.6 is 0 Å². The van der Waals surface area contributed by atoms with E-state index in [2.05, 4.69) is 0 Å². The Balaban J connectivity index is 1.89. The molecular formula is C18H20O7. The predicted octanol–water partition coefficient (Wildman–Crippen LogP) is 1.97. The molecule has 1 fully saturated rings. The van der Waals surface area contributed by atoms with Crippen molar-refractivity contribution in [2.45, 2.75) is 32.5 Å². The number of aliphatic carboxylic acids is 1. The largest absolute Gasteiger partial charge is 0.507 e. The van der Waals surface area contributed by atoms with Crippen molar-refractivity contribution in [1.82, 2.24) is 0 Å². The van der Waals surface area contributed by atoms with E-state index in [0.29, 0.717) is 29.9 Å². The third kappa shape index (κ3) is 2.95. The van der Waals surface area contributed by atoms with Gasteiger partial charge in [-0.2, -0.15) is 0 Å². The summed E-state index contributed by atoms with van der Waals surface area (Å²) in [6, 6.07) is 0. The Morgan fingerprint density at radius 2 is 2.20 bits per heavy atom. The van der Waals surface area contributed by atoms with Crippen LogP contribution in [0.1, 0.15) is 33.5 Å². The quantitative estimate of drug-likeness (QED) is 0.619. The lowest BCUT2D eigenvalue weighted by molar-refractivity contribution is -0.142. The number of cyclic esters (lactones) is 1. The fourth-order valence-corrected chi connectivity index (χ4v) is 3.41. The number of hydrogen-bond donors (Lipinski definition) is 2. The maximum absolute atomic E-state index is 11.9. The number of allylic oxidation sites excluding steroid dienone is 1. The van der Waals surface area contributed by atoms with Gasteiger partial charge in [0.25, 0.3) is 0 Å². The van der Waals surface area contributed by atoms with E-state index in [1.165, 1.54) is 7.11 Å². The van der Waals surface area contributed by atoms with E-state index >= 15 is 0 Å². The van der Waals surface area contributed by atoms with Gasteiger partial charge >= 0.3 is 11.9 Å². The summed E-state index contributed by atoms with van der Waals surface area (Å²) in [5, 5.41) is 19.7. The molecule has 7 heteroatoms. The molecule has 3 rings (SSSR count). The molecule has 0 radical (unpaired) electrons. The van der Waals surface area contributed by atoms with Gasteiger partial charge in [-0.1, -0.05) is 12.2 Å². The molecule has 1 aromatic carbocycles. The van der Waals surface area contributed by atoms with Crippen LogP contribution in [-0.2, 0) is 27.3 Å². The van der Waals surface area contributed by atoms with Crippen LogP contribution in [0.5, 0.6) is 11.5 Å². The Morgan fingerprint density at radius 3 is 2.88 bits per heavy atom. The fourth-order valence-electron chi connectivity index (χ4n) is 3.41. The Kier molecular flexibility index (Phi) is 4.67. The normalized spacial score (nSPS) is 22.2. The minimum atomic E-state index is -0.885. The first-order valence-corrected chi connectivity index (χ1v) is 8.05. The molecule has 2 N–H and O–H groups in total. The maximum Gasteiger partial charge on any atom is 0.342 e. The number of carboxylic acids is 1. The molecule has 134 valence electrons. The molecule has 0 spiro atoms. The summed E-state index contributed by atoms with van der Waals surface area (Å²) in [5.74, 6) is -1.64. The number of rotatable bonds is 5. The lowest BCUT2D eigenvalue weighted by atomic mass is 9.95. The zero-order chi connectivity index (χ0) is 18.1.